The molecule has 0 aliphatic heterocycles. The van der Waals surface area contributed by atoms with Crippen molar-refractivity contribution >= 4 is 17.0 Å². The van der Waals surface area contributed by atoms with Crippen LogP contribution >= 0.6 is 0 Å². The summed E-state index contributed by atoms with van der Waals surface area (Å²) < 4.78 is 2.00. The molecule has 21 heavy (non-hydrogen) atoms. The van der Waals surface area contributed by atoms with E-state index in [0.29, 0.717) is 0 Å². The first-order valence-electron chi connectivity index (χ1n) is 7.55. The maximum atomic E-state index is 9.69. The molecule has 1 fully saturated rings. The number of nitrogen functional groups attached to an aromatic ring is 1. The number of aromatic nitrogens is 4. The van der Waals surface area contributed by atoms with Crippen molar-refractivity contribution in [1.82, 2.24) is 19.7 Å². The number of rotatable bonds is 1. The van der Waals surface area contributed by atoms with Crippen LogP contribution in [0.5, 0.6) is 0 Å². The van der Waals surface area contributed by atoms with Crippen LogP contribution in [0.2, 0.25) is 0 Å². The Bertz CT molecular complexity index is 650. The fourth-order valence-electron chi connectivity index (χ4n) is 3.05. The standard InChI is InChI=1S/C15H23N5O/c1-15(2,3)12-11-8-17-14(16)18-13(11)20(19-12)9-4-6-10(21)7-5-9/h8-10,21H,4-7H2,1-3H3,(H2,16,17,18)/t9-,10-. The van der Waals surface area contributed by atoms with Crippen LogP contribution in [-0.4, -0.2) is 31.0 Å². The van der Waals surface area contributed by atoms with Gasteiger partial charge in [0.2, 0.25) is 5.95 Å². The highest BCUT2D eigenvalue weighted by molar-refractivity contribution is 5.79. The van der Waals surface area contributed by atoms with Gasteiger partial charge in [0.05, 0.1) is 23.2 Å². The summed E-state index contributed by atoms with van der Waals surface area (Å²) >= 11 is 0. The zero-order chi connectivity index (χ0) is 15.2. The van der Waals surface area contributed by atoms with E-state index in [1.54, 1.807) is 6.20 Å². The molecule has 0 spiro atoms. The van der Waals surface area contributed by atoms with Gasteiger partial charge in [-0.1, -0.05) is 20.8 Å². The van der Waals surface area contributed by atoms with Crippen molar-refractivity contribution in [3.8, 4) is 0 Å². The van der Waals surface area contributed by atoms with E-state index in [2.05, 4.69) is 30.7 Å². The Morgan fingerprint density at radius 1 is 1.24 bits per heavy atom. The van der Waals surface area contributed by atoms with Crippen LogP contribution in [0.25, 0.3) is 11.0 Å². The van der Waals surface area contributed by atoms with E-state index < -0.39 is 0 Å². The fourth-order valence-corrected chi connectivity index (χ4v) is 3.05. The molecule has 0 saturated heterocycles. The minimum Gasteiger partial charge on any atom is -0.393 e. The first-order chi connectivity index (χ1) is 9.86. The average molecular weight is 289 g/mol. The molecule has 6 nitrogen and oxygen atoms in total. The molecule has 0 aromatic carbocycles. The van der Waals surface area contributed by atoms with Crippen molar-refractivity contribution in [2.24, 2.45) is 0 Å². The summed E-state index contributed by atoms with van der Waals surface area (Å²) in [5.41, 5.74) is 7.50. The summed E-state index contributed by atoms with van der Waals surface area (Å²) in [7, 11) is 0. The number of nitrogens with zero attached hydrogens (tertiary/aromatic N) is 4. The molecule has 114 valence electrons. The summed E-state index contributed by atoms with van der Waals surface area (Å²) in [4.78, 5) is 8.53. The third-order valence-electron chi connectivity index (χ3n) is 4.19. The van der Waals surface area contributed by atoms with E-state index >= 15 is 0 Å². The Labute approximate surface area is 124 Å². The van der Waals surface area contributed by atoms with Crippen LogP contribution in [0.4, 0.5) is 5.95 Å². The molecule has 1 aliphatic rings. The summed E-state index contributed by atoms with van der Waals surface area (Å²) in [6.07, 6.45) is 5.08. The van der Waals surface area contributed by atoms with Crippen LogP contribution in [0.15, 0.2) is 6.20 Å². The first-order valence-corrected chi connectivity index (χ1v) is 7.55. The zero-order valence-electron chi connectivity index (χ0n) is 12.9. The third kappa shape index (κ3) is 2.60. The summed E-state index contributed by atoms with van der Waals surface area (Å²) in [5.74, 6) is 0.278. The minimum absolute atomic E-state index is 0.0723. The van der Waals surface area contributed by atoms with E-state index in [0.717, 1.165) is 42.4 Å². The molecule has 1 saturated carbocycles. The van der Waals surface area contributed by atoms with E-state index in [1.165, 1.54) is 0 Å². The van der Waals surface area contributed by atoms with Crippen molar-refractivity contribution in [3.05, 3.63) is 11.9 Å². The SMILES string of the molecule is CC(C)(C)c1nn([C@H]2CC[C@H](O)CC2)c2nc(N)ncc12. The van der Waals surface area contributed by atoms with Crippen molar-refractivity contribution in [3.63, 3.8) is 0 Å². The van der Waals surface area contributed by atoms with Crippen LogP contribution < -0.4 is 5.73 Å². The van der Waals surface area contributed by atoms with Gasteiger partial charge in [0.15, 0.2) is 5.65 Å². The van der Waals surface area contributed by atoms with Crippen LogP contribution in [-0.2, 0) is 5.41 Å². The highest BCUT2D eigenvalue weighted by atomic mass is 16.3. The van der Waals surface area contributed by atoms with Crippen molar-refractivity contribution in [2.45, 2.75) is 64.0 Å². The van der Waals surface area contributed by atoms with E-state index in [-0.39, 0.29) is 23.5 Å². The smallest absolute Gasteiger partial charge is 0.222 e. The van der Waals surface area contributed by atoms with Crippen molar-refractivity contribution in [1.29, 1.82) is 0 Å². The lowest BCUT2D eigenvalue weighted by Gasteiger charge is -2.26. The van der Waals surface area contributed by atoms with Gasteiger partial charge in [-0.3, -0.25) is 0 Å². The van der Waals surface area contributed by atoms with Gasteiger partial charge in [0.1, 0.15) is 0 Å². The Kier molecular flexibility index (Phi) is 3.36. The highest BCUT2D eigenvalue weighted by Crippen LogP contribution is 2.34. The molecule has 2 aromatic heterocycles. The molecule has 3 N–H and O–H groups in total. The van der Waals surface area contributed by atoms with Crippen LogP contribution in [0.3, 0.4) is 0 Å². The molecule has 0 atom stereocenters. The van der Waals surface area contributed by atoms with Gasteiger partial charge in [0.25, 0.3) is 0 Å². The monoisotopic (exact) mass is 289 g/mol. The first kappa shape index (κ1) is 14.3. The maximum absolute atomic E-state index is 9.69. The van der Waals surface area contributed by atoms with E-state index in [9.17, 15) is 5.11 Å². The summed E-state index contributed by atoms with van der Waals surface area (Å²) in [6.45, 7) is 6.42. The largest absolute Gasteiger partial charge is 0.393 e. The lowest BCUT2D eigenvalue weighted by atomic mass is 9.91. The second-order valence-corrected chi connectivity index (χ2v) is 6.97. The topological polar surface area (TPSA) is 89.8 Å². The fraction of sp³-hybridized carbons (Fsp3) is 0.667. The van der Waals surface area contributed by atoms with Gasteiger partial charge in [-0.25, -0.2) is 9.67 Å². The molecule has 0 radical (unpaired) electrons. The highest BCUT2D eigenvalue weighted by Gasteiger charge is 2.28. The lowest BCUT2D eigenvalue weighted by Crippen LogP contribution is -2.22. The molecular formula is C15H23N5O. The number of aliphatic hydroxyl groups excluding tert-OH is 1. The number of nitrogens with two attached hydrogens (primary N) is 1. The number of hydrogen-bond acceptors (Lipinski definition) is 5. The van der Waals surface area contributed by atoms with Crippen LogP contribution in [0.1, 0.15) is 58.2 Å². The molecule has 3 rings (SSSR count). The molecular weight excluding hydrogens is 266 g/mol. The van der Waals surface area contributed by atoms with Gasteiger partial charge in [-0.05, 0) is 25.7 Å². The summed E-state index contributed by atoms with van der Waals surface area (Å²) in [6, 6.07) is 0.279. The Balaban J connectivity index is 2.11. The van der Waals surface area contributed by atoms with E-state index in [4.69, 9.17) is 10.8 Å². The van der Waals surface area contributed by atoms with Gasteiger partial charge in [-0.15, -0.1) is 0 Å². The second-order valence-electron chi connectivity index (χ2n) is 6.97. The molecule has 0 bridgehead atoms. The number of hydrogen-bond donors (Lipinski definition) is 2. The molecule has 2 aromatic rings. The van der Waals surface area contributed by atoms with Crippen molar-refractivity contribution in [2.75, 3.05) is 5.73 Å². The van der Waals surface area contributed by atoms with Crippen LogP contribution in [0, 0.1) is 0 Å². The maximum Gasteiger partial charge on any atom is 0.222 e. The average Bonchev–Trinajstić information content (AvgIpc) is 2.78. The predicted octanol–water partition coefficient (Wildman–Crippen LogP) is 2.18. The van der Waals surface area contributed by atoms with Gasteiger partial charge in [-0.2, -0.15) is 10.1 Å². The van der Waals surface area contributed by atoms with Gasteiger partial charge in [0, 0.05) is 11.6 Å². The number of fused-ring (bicyclic) bond motifs is 1. The van der Waals surface area contributed by atoms with E-state index in [1.807, 2.05) is 4.68 Å². The van der Waals surface area contributed by atoms with Gasteiger partial charge >= 0.3 is 0 Å². The van der Waals surface area contributed by atoms with Gasteiger partial charge < -0.3 is 10.8 Å². The Morgan fingerprint density at radius 3 is 2.52 bits per heavy atom. The van der Waals surface area contributed by atoms with Crippen molar-refractivity contribution < 1.29 is 5.11 Å². The number of aliphatic hydroxyl groups is 1. The quantitative estimate of drug-likeness (QED) is 0.839. The zero-order valence-corrected chi connectivity index (χ0v) is 12.9. The molecule has 0 amide bonds. The molecule has 0 unspecified atom stereocenters. The third-order valence-corrected chi connectivity index (χ3v) is 4.19. The lowest BCUT2D eigenvalue weighted by molar-refractivity contribution is 0.108. The second kappa shape index (κ2) is 4.94. The number of anilines is 1. The Morgan fingerprint density at radius 2 is 1.90 bits per heavy atom. The molecule has 6 heteroatoms. The molecule has 2 heterocycles. The minimum atomic E-state index is -0.176. The predicted molar refractivity (Wildman–Crippen MR) is 81.9 cm³/mol. The summed E-state index contributed by atoms with van der Waals surface area (Å²) in [5, 5.41) is 15.5. The normalized spacial score (nSPS) is 23.6. The Hall–Kier alpha value is -1.69. The molecule has 1 aliphatic carbocycles.